The molecule has 2 unspecified atom stereocenters. The second-order valence-electron chi connectivity index (χ2n) is 12.5. The number of unbranched alkanes of at least 4 members (excludes halogenated alkanes) is 4. The summed E-state index contributed by atoms with van der Waals surface area (Å²) in [4.78, 5) is 42.7. The van der Waals surface area contributed by atoms with Gasteiger partial charge >= 0.3 is 6.09 Å². The molecule has 0 radical (unpaired) electrons. The summed E-state index contributed by atoms with van der Waals surface area (Å²) in [6.07, 6.45) is 9.85. The first-order valence-corrected chi connectivity index (χ1v) is 15.1. The summed E-state index contributed by atoms with van der Waals surface area (Å²) in [5.74, 6) is -0.585. The predicted octanol–water partition coefficient (Wildman–Crippen LogP) is 6.83. The van der Waals surface area contributed by atoms with Crippen LogP contribution in [0.25, 0.3) is 0 Å². The molecule has 0 aromatic heterocycles. The molecule has 0 bridgehead atoms. The van der Waals surface area contributed by atoms with Crippen LogP contribution in [0.3, 0.4) is 0 Å². The maximum Gasteiger partial charge on any atom is 0.408 e. The van der Waals surface area contributed by atoms with E-state index in [-0.39, 0.29) is 23.8 Å². The van der Waals surface area contributed by atoms with Crippen molar-refractivity contribution in [3.8, 4) is 0 Å². The molecule has 0 heterocycles. The van der Waals surface area contributed by atoms with Crippen LogP contribution in [-0.2, 0) is 14.3 Å². The third-order valence-electron chi connectivity index (χ3n) is 7.26. The van der Waals surface area contributed by atoms with Gasteiger partial charge in [-0.15, -0.1) is 0 Å². The highest BCUT2D eigenvalue weighted by Gasteiger charge is 2.38. The predicted molar refractivity (Wildman–Crippen MR) is 157 cm³/mol. The molecule has 1 aromatic rings. The molecule has 2 atom stereocenters. The molecule has 3 amide bonds. The van der Waals surface area contributed by atoms with Crippen molar-refractivity contribution in [1.82, 2.24) is 15.5 Å². The van der Waals surface area contributed by atoms with E-state index in [1.807, 2.05) is 45.0 Å². The van der Waals surface area contributed by atoms with Gasteiger partial charge in [0.05, 0.1) is 0 Å². The van der Waals surface area contributed by atoms with E-state index in [0.717, 1.165) is 68.9 Å². The Bertz CT molecular complexity index is 918. The van der Waals surface area contributed by atoms with Gasteiger partial charge in [0.15, 0.2) is 0 Å². The Balaban J connectivity index is 2.43. The van der Waals surface area contributed by atoms with Gasteiger partial charge in [-0.05, 0) is 58.4 Å². The fourth-order valence-corrected chi connectivity index (χ4v) is 5.22. The number of benzene rings is 1. The highest BCUT2D eigenvalue weighted by molar-refractivity contribution is 5.92. The normalized spacial score (nSPS) is 15.9. The van der Waals surface area contributed by atoms with Crippen molar-refractivity contribution in [2.45, 2.75) is 136 Å². The zero-order chi connectivity index (χ0) is 29.0. The molecule has 39 heavy (non-hydrogen) atoms. The molecule has 2 rings (SSSR count). The van der Waals surface area contributed by atoms with Crippen LogP contribution in [0.5, 0.6) is 0 Å². The summed E-state index contributed by atoms with van der Waals surface area (Å²) >= 11 is 0. The van der Waals surface area contributed by atoms with Gasteiger partial charge in [-0.1, -0.05) is 95.5 Å². The summed E-state index contributed by atoms with van der Waals surface area (Å²) in [5.41, 5.74) is 1.15. The minimum absolute atomic E-state index is 0.126. The number of aryl methyl sites for hydroxylation is 1. The van der Waals surface area contributed by atoms with Crippen molar-refractivity contribution in [3.05, 3.63) is 35.4 Å². The second kappa shape index (κ2) is 15.9. The van der Waals surface area contributed by atoms with Gasteiger partial charge in [0.25, 0.3) is 0 Å². The summed E-state index contributed by atoms with van der Waals surface area (Å²) < 4.78 is 5.48. The first kappa shape index (κ1) is 32.6. The van der Waals surface area contributed by atoms with Crippen molar-refractivity contribution in [2.75, 3.05) is 6.54 Å². The number of alkyl carbamates (subject to hydrolysis) is 1. The molecule has 7 heteroatoms. The van der Waals surface area contributed by atoms with E-state index >= 15 is 0 Å². The topological polar surface area (TPSA) is 87.7 Å². The maximum absolute atomic E-state index is 14.3. The number of nitrogens with zero attached hydrogens (tertiary/aromatic N) is 1. The third kappa shape index (κ3) is 11.2. The van der Waals surface area contributed by atoms with Crippen LogP contribution in [0.1, 0.15) is 123 Å². The quantitative estimate of drug-likeness (QED) is 0.267. The Labute approximate surface area is 236 Å². The Morgan fingerprint density at radius 3 is 2.28 bits per heavy atom. The first-order chi connectivity index (χ1) is 18.4. The molecule has 1 aliphatic rings. The van der Waals surface area contributed by atoms with Crippen LogP contribution in [0.4, 0.5) is 4.79 Å². The molecule has 7 nitrogen and oxygen atoms in total. The number of hydrogen-bond donors (Lipinski definition) is 2. The van der Waals surface area contributed by atoms with Gasteiger partial charge in [-0.3, -0.25) is 9.59 Å². The summed E-state index contributed by atoms with van der Waals surface area (Å²) in [7, 11) is 0. The van der Waals surface area contributed by atoms with Gasteiger partial charge < -0.3 is 20.3 Å². The van der Waals surface area contributed by atoms with Crippen LogP contribution < -0.4 is 10.6 Å². The molecule has 1 aromatic carbocycles. The summed E-state index contributed by atoms with van der Waals surface area (Å²) in [6.45, 7) is 13.8. The zero-order valence-electron chi connectivity index (χ0n) is 25.5. The number of carbonyl (C=O) groups excluding carboxylic acids is 3. The lowest BCUT2D eigenvalue weighted by molar-refractivity contribution is -0.143. The molecule has 0 saturated heterocycles. The van der Waals surface area contributed by atoms with E-state index < -0.39 is 23.8 Å². The number of nitrogens with one attached hydrogen (secondary N) is 2. The largest absolute Gasteiger partial charge is 0.444 e. The van der Waals surface area contributed by atoms with E-state index in [0.29, 0.717) is 6.54 Å². The number of ether oxygens (including phenoxy) is 1. The van der Waals surface area contributed by atoms with Crippen molar-refractivity contribution in [3.63, 3.8) is 0 Å². The first-order valence-electron chi connectivity index (χ1n) is 15.1. The molecular formula is C32H53N3O4. The number of carbonyl (C=O) groups is 3. The fraction of sp³-hybridized carbons (Fsp3) is 0.719. The lowest BCUT2D eigenvalue weighted by atomic mass is 9.94. The Hall–Kier alpha value is -2.57. The highest BCUT2D eigenvalue weighted by atomic mass is 16.6. The minimum Gasteiger partial charge on any atom is -0.444 e. The molecule has 1 fully saturated rings. The van der Waals surface area contributed by atoms with Crippen LogP contribution in [0.2, 0.25) is 0 Å². The van der Waals surface area contributed by atoms with Crippen LogP contribution in [0.15, 0.2) is 24.3 Å². The van der Waals surface area contributed by atoms with Crippen molar-refractivity contribution in [1.29, 1.82) is 0 Å². The van der Waals surface area contributed by atoms with E-state index in [1.54, 1.807) is 25.7 Å². The smallest absolute Gasteiger partial charge is 0.408 e. The number of amides is 3. The maximum atomic E-state index is 14.3. The fourth-order valence-electron chi connectivity index (χ4n) is 5.22. The molecule has 0 aliphatic heterocycles. The van der Waals surface area contributed by atoms with Gasteiger partial charge in [0.1, 0.15) is 17.7 Å². The minimum atomic E-state index is -0.815. The summed E-state index contributed by atoms with van der Waals surface area (Å²) in [5, 5.41) is 6.10. The monoisotopic (exact) mass is 543 g/mol. The van der Waals surface area contributed by atoms with Crippen LogP contribution >= 0.6 is 0 Å². The highest BCUT2D eigenvalue weighted by Crippen LogP contribution is 2.27. The van der Waals surface area contributed by atoms with E-state index in [9.17, 15) is 14.4 Å². The van der Waals surface area contributed by atoms with Crippen LogP contribution in [-0.4, -0.2) is 47.0 Å². The standard InChI is InChI=1S/C32H53N3O4/c1-8-9-10-11-15-21-35(30(37)27(23(2)3)34-31(38)39-32(5,6)7)28(25-18-16-17-24(4)22-25)29(36)33-26-19-13-12-14-20-26/h16-18,22-23,26-28H,8-15,19-21H2,1-7H3,(H,33,36)(H,34,38). The number of hydrogen-bond acceptors (Lipinski definition) is 4. The average Bonchev–Trinajstić information content (AvgIpc) is 2.85. The van der Waals surface area contributed by atoms with Crippen molar-refractivity contribution in [2.24, 2.45) is 5.92 Å². The lowest BCUT2D eigenvalue weighted by Gasteiger charge is -2.36. The van der Waals surface area contributed by atoms with Crippen LogP contribution in [0, 0.1) is 12.8 Å². The second-order valence-corrected chi connectivity index (χ2v) is 12.5. The van der Waals surface area contributed by atoms with Crippen molar-refractivity contribution >= 4 is 17.9 Å². The molecule has 1 aliphatic carbocycles. The summed E-state index contributed by atoms with van der Waals surface area (Å²) in [6, 6.07) is 6.40. The van der Waals surface area contributed by atoms with Gasteiger partial charge in [0, 0.05) is 12.6 Å². The Morgan fingerprint density at radius 1 is 1.03 bits per heavy atom. The van der Waals surface area contributed by atoms with Gasteiger partial charge in [-0.25, -0.2) is 4.79 Å². The van der Waals surface area contributed by atoms with E-state index in [4.69, 9.17) is 4.74 Å². The third-order valence-corrected chi connectivity index (χ3v) is 7.26. The molecule has 220 valence electrons. The molecule has 2 N–H and O–H groups in total. The molecular weight excluding hydrogens is 490 g/mol. The van der Waals surface area contributed by atoms with E-state index in [2.05, 4.69) is 17.6 Å². The van der Waals surface area contributed by atoms with Gasteiger partial charge in [-0.2, -0.15) is 0 Å². The SMILES string of the molecule is CCCCCCCN(C(=O)C(NC(=O)OC(C)(C)C)C(C)C)C(C(=O)NC1CCCCC1)c1cccc(C)c1. The van der Waals surface area contributed by atoms with Crippen molar-refractivity contribution < 1.29 is 19.1 Å². The number of rotatable bonds is 13. The average molecular weight is 544 g/mol. The molecule has 1 saturated carbocycles. The zero-order valence-corrected chi connectivity index (χ0v) is 25.5. The molecule has 0 spiro atoms. The Morgan fingerprint density at radius 2 is 1.69 bits per heavy atom. The van der Waals surface area contributed by atoms with E-state index in [1.165, 1.54) is 6.42 Å². The Kier molecular flexibility index (Phi) is 13.3. The van der Waals surface area contributed by atoms with Gasteiger partial charge in [0.2, 0.25) is 11.8 Å². The lowest BCUT2D eigenvalue weighted by Crippen LogP contribution is -2.55.